The molecule has 1 aliphatic carbocycles. The van der Waals surface area contributed by atoms with Crippen molar-refractivity contribution in [2.24, 2.45) is 0 Å². The van der Waals surface area contributed by atoms with Crippen LogP contribution in [-0.4, -0.2) is 14.5 Å². The number of hydrogen-bond acceptors (Lipinski definition) is 3. The van der Waals surface area contributed by atoms with E-state index in [1.165, 1.54) is 12.1 Å². The molecule has 110 valence electrons. The molecule has 21 heavy (non-hydrogen) atoms. The number of fused-ring (bicyclic) bond motifs is 1. The maximum Gasteiger partial charge on any atom is 0.240 e. The van der Waals surface area contributed by atoms with Crippen LogP contribution in [0.15, 0.2) is 47.4 Å². The molecule has 0 heterocycles. The number of nitrogens with two attached hydrogens (primary N) is 1. The number of nitrogens with one attached hydrogen (secondary N) is 1. The summed E-state index contributed by atoms with van der Waals surface area (Å²) in [4.78, 5) is -0.106. The highest BCUT2D eigenvalue weighted by Crippen LogP contribution is 2.23. The summed E-state index contributed by atoms with van der Waals surface area (Å²) in [6.07, 6.45) is 1.29. The van der Waals surface area contributed by atoms with E-state index in [4.69, 9.17) is 5.73 Å². The molecule has 0 aliphatic heterocycles. The normalized spacial score (nSPS) is 15.1. The molecule has 0 amide bonds. The molecule has 0 spiro atoms. The van der Waals surface area contributed by atoms with Gasteiger partial charge in [0.1, 0.15) is 5.82 Å². The molecule has 0 unspecified atom stereocenters. The summed E-state index contributed by atoms with van der Waals surface area (Å²) in [5.41, 5.74) is 7.59. The fourth-order valence-electron chi connectivity index (χ4n) is 2.60. The molecule has 0 saturated carbocycles. The first kappa shape index (κ1) is 14.0. The van der Waals surface area contributed by atoms with Gasteiger partial charge >= 0.3 is 0 Å². The van der Waals surface area contributed by atoms with Crippen molar-refractivity contribution in [2.75, 3.05) is 5.73 Å². The summed E-state index contributed by atoms with van der Waals surface area (Å²) >= 11 is 0. The van der Waals surface area contributed by atoms with Crippen LogP contribution < -0.4 is 10.5 Å². The van der Waals surface area contributed by atoms with E-state index >= 15 is 0 Å². The van der Waals surface area contributed by atoms with Crippen molar-refractivity contribution in [3.05, 3.63) is 59.4 Å². The average Bonchev–Trinajstić information content (AvgIpc) is 2.82. The van der Waals surface area contributed by atoms with Crippen LogP contribution >= 0.6 is 0 Å². The molecule has 2 aromatic carbocycles. The number of anilines is 1. The summed E-state index contributed by atoms with van der Waals surface area (Å²) in [6, 6.07) is 11.2. The molecule has 3 N–H and O–H groups in total. The van der Waals surface area contributed by atoms with Gasteiger partial charge in [-0.2, -0.15) is 0 Å². The monoisotopic (exact) mass is 306 g/mol. The van der Waals surface area contributed by atoms with Crippen molar-refractivity contribution in [1.82, 2.24) is 4.72 Å². The van der Waals surface area contributed by atoms with E-state index in [-0.39, 0.29) is 16.6 Å². The van der Waals surface area contributed by atoms with Gasteiger partial charge in [0.25, 0.3) is 0 Å². The topological polar surface area (TPSA) is 72.2 Å². The summed E-state index contributed by atoms with van der Waals surface area (Å²) in [5, 5.41) is 0. The van der Waals surface area contributed by atoms with E-state index in [1.807, 2.05) is 24.3 Å². The molecule has 0 saturated heterocycles. The fourth-order valence-corrected chi connectivity index (χ4v) is 3.85. The third kappa shape index (κ3) is 2.77. The first-order valence-corrected chi connectivity index (χ1v) is 8.08. The van der Waals surface area contributed by atoms with Gasteiger partial charge in [-0.05, 0) is 42.2 Å². The number of benzene rings is 2. The minimum Gasteiger partial charge on any atom is -0.396 e. The lowest BCUT2D eigenvalue weighted by molar-refractivity contribution is 0.553. The van der Waals surface area contributed by atoms with Crippen molar-refractivity contribution >= 4 is 15.7 Å². The molecule has 6 heteroatoms. The van der Waals surface area contributed by atoms with E-state index in [0.717, 1.165) is 17.2 Å². The van der Waals surface area contributed by atoms with Crippen molar-refractivity contribution in [3.8, 4) is 0 Å². The lowest BCUT2D eigenvalue weighted by Gasteiger charge is -2.13. The van der Waals surface area contributed by atoms with Gasteiger partial charge in [0.2, 0.25) is 10.0 Å². The van der Waals surface area contributed by atoms with Gasteiger partial charge in [-0.25, -0.2) is 17.5 Å². The molecule has 2 aromatic rings. The van der Waals surface area contributed by atoms with Crippen molar-refractivity contribution in [2.45, 2.75) is 23.8 Å². The fraction of sp³-hybridized carbons (Fsp3) is 0.200. The van der Waals surface area contributed by atoms with Crippen LogP contribution in [-0.2, 0) is 22.9 Å². The third-order valence-corrected chi connectivity index (χ3v) is 5.17. The van der Waals surface area contributed by atoms with Crippen LogP contribution in [0.2, 0.25) is 0 Å². The average molecular weight is 306 g/mol. The molecule has 1 aliphatic rings. The minimum absolute atomic E-state index is 0.0674. The molecule has 3 rings (SSSR count). The van der Waals surface area contributed by atoms with Crippen LogP contribution in [0.1, 0.15) is 11.1 Å². The van der Waals surface area contributed by atoms with E-state index < -0.39 is 15.8 Å². The number of nitrogen functional groups attached to an aromatic ring is 1. The van der Waals surface area contributed by atoms with Gasteiger partial charge in [0.05, 0.1) is 10.6 Å². The second-order valence-electron chi connectivity index (χ2n) is 5.18. The van der Waals surface area contributed by atoms with Gasteiger partial charge in [-0.15, -0.1) is 0 Å². The highest BCUT2D eigenvalue weighted by atomic mass is 32.2. The lowest BCUT2D eigenvalue weighted by Crippen LogP contribution is -2.35. The highest BCUT2D eigenvalue weighted by Gasteiger charge is 2.26. The first-order chi connectivity index (χ1) is 9.95. The van der Waals surface area contributed by atoms with E-state index in [1.54, 1.807) is 0 Å². The number of rotatable bonds is 3. The lowest BCUT2D eigenvalue weighted by atomic mass is 10.1. The van der Waals surface area contributed by atoms with Crippen LogP contribution in [0.4, 0.5) is 10.1 Å². The van der Waals surface area contributed by atoms with Crippen LogP contribution in [0.5, 0.6) is 0 Å². The molecule has 0 atom stereocenters. The number of halogens is 1. The van der Waals surface area contributed by atoms with Gasteiger partial charge in [-0.3, -0.25) is 0 Å². The van der Waals surface area contributed by atoms with Gasteiger partial charge in [0, 0.05) is 6.04 Å². The number of sulfonamides is 1. The Bertz CT molecular complexity index is 765. The van der Waals surface area contributed by atoms with Crippen molar-refractivity contribution in [3.63, 3.8) is 0 Å². The Balaban J connectivity index is 1.80. The van der Waals surface area contributed by atoms with Gasteiger partial charge in [-0.1, -0.05) is 24.3 Å². The smallest absolute Gasteiger partial charge is 0.240 e. The Labute approximate surface area is 122 Å². The highest BCUT2D eigenvalue weighted by molar-refractivity contribution is 7.89. The molecule has 0 bridgehead atoms. The van der Waals surface area contributed by atoms with E-state index in [2.05, 4.69) is 4.72 Å². The Kier molecular flexibility index (Phi) is 3.43. The zero-order chi connectivity index (χ0) is 15.0. The molecule has 0 aromatic heterocycles. The predicted octanol–water partition coefficient (Wildman–Crippen LogP) is 1.85. The second-order valence-corrected chi connectivity index (χ2v) is 6.89. The SMILES string of the molecule is Nc1ccc(S(=O)(=O)NC2Cc3ccccc3C2)cc1F. The third-order valence-electron chi connectivity index (χ3n) is 3.66. The quantitative estimate of drug-likeness (QED) is 0.850. The standard InChI is InChI=1S/C15H15FN2O2S/c16-14-9-13(5-6-15(14)17)21(19,20)18-12-7-10-3-1-2-4-11(10)8-12/h1-6,9,12,18H,7-8,17H2. The minimum atomic E-state index is -3.75. The molecule has 0 radical (unpaired) electrons. The van der Waals surface area contributed by atoms with Gasteiger partial charge in [0.15, 0.2) is 0 Å². The van der Waals surface area contributed by atoms with Gasteiger partial charge < -0.3 is 5.73 Å². The zero-order valence-corrected chi connectivity index (χ0v) is 12.0. The van der Waals surface area contributed by atoms with Crippen LogP contribution in [0, 0.1) is 5.82 Å². The van der Waals surface area contributed by atoms with Crippen molar-refractivity contribution < 1.29 is 12.8 Å². The Morgan fingerprint density at radius 3 is 2.29 bits per heavy atom. The maximum absolute atomic E-state index is 13.4. The molecule has 4 nitrogen and oxygen atoms in total. The summed E-state index contributed by atoms with van der Waals surface area (Å²) < 4.78 is 40.6. The largest absolute Gasteiger partial charge is 0.396 e. The molecule has 0 fully saturated rings. The first-order valence-electron chi connectivity index (χ1n) is 6.60. The second kappa shape index (κ2) is 5.13. The molecular formula is C15H15FN2O2S. The Hall–Kier alpha value is -1.92. The Morgan fingerprint density at radius 2 is 1.71 bits per heavy atom. The van der Waals surface area contributed by atoms with E-state index in [0.29, 0.717) is 12.8 Å². The predicted molar refractivity (Wildman–Crippen MR) is 78.8 cm³/mol. The van der Waals surface area contributed by atoms with Crippen molar-refractivity contribution in [1.29, 1.82) is 0 Å². The summed E-state index contributed by atoms with van der Waals surface area (Å²) in [6.45, 7) is 0. The molecular weight excluding hydrogens is 291 g/mol. The van der Waals surface area contributed by atoms with Crippen LogP contribution in [0.3, 0.4) is 0 Å². The number of hydrogen-bond donors (Lipinski definition) is 2. The zero-order valence-electron chi connectivity index (χ0n) is 11.2. The summed E-state index contributed by atoms with van der Waals surface area (Å²) in [7, 11) is -3.75. The van der Waals surface area contributed by atoms with E-state index in [9.17, 15) is 12.8 Å². The maximum atomic E-state index is 13.4. The Morgan fingerprint density at radius 1 is 1.10 bits per heavy atom. The summed E-state index contributed by atoms with van der Waals surface area (Å²) in [5.74, 6) is -0.729. The van der Waals surface area contributed by atoms with Crippen LogP contribution in [0.25, 0.3) is 0 Å².